The van der Waals surface area contributed by atoms with Crippen LogP contribution in [0.2, 0.25) is 0 Å². The van der Waals surface area contributed by atoms with E-state index in [0.717, 1.165) is 24.1 Å². The lowest BCUT2D eigenvalue weighted by Crippen LogP contribution is -2.28. The van der Waals surface area contributed by atoms with E-state index in [9.17, 15) is 0 Å². The van der Waals surface area contributed by atoms with E-state index in [1.165, 1.54) is 31.2 Å². The summed E-state index contributed by atoms with van der Waals surface area (Å²) in [6.07, 6.45) is 5.27. The molecule has 0 aliphatic heterocycles. The molecule has 1 atom stereocenters. The Morgan fingerprint density at radius 3 is 2.26 bits per heavy atom. The first-order valence-electron chi connectivity index (χ1n) is 7.65. The van der Waals surface area contributed by atoms with Gasteiger partial charge in [0.1, 0.15) is 5.75 Å². The molecule has 2 nitrogen and oxygen atoms in total. The Balaban J connectivity index is 1.98. The van der Waals surface area contributed by atoms with Crippen molar-refractivity contribution < 1.29 is 4.74 Å². The van der Waals surface area contributed by atoms with Gasteiger partial charge in [-0.3, -0.25) is 0 Å². The Morgan fingerprint density at radius 2 is 1.79 bits per heavy atom. The molecule has 1 aromatic rings. The Labute approximate surface area is 117 Å². The van der Waals surface area contributed by atoms with Crippen LogP contribution >= 0.6 is 0 Å². The largest absolute Gasteiger partial charge is 0.497 e. The number of nitrogens with one attached hydrogen (secondary N) is 1. The van der Waals surface area contributed by atoms with E-state index in [2.05, 4.69) is 43.4 Å². The number of hydrogen-bond donors (Lipinski definition) is 1. The van der Waals surface area contributed by atoms with Crippen LogP contribution in [0.5, 0.6) is 5.75 Å². The molecular weight excluding hydrogens is 234 g/mol. The highest BCUT2D eigenvalue weighted by Crippen LogP contribution is 2.41. The van der Waals surface area contributed by atoms with Crippen molar-refractivity contribution in [3.63, 3.8) is 0 Å². The fourth-order valence-corrected chi connectivity index (χ4v) is 2.67. The quantitative estimate of drug-likeness (QED) is 0.758. The second kappa shape index (κ2) is 6.95. The molecule has 1 saturated carbocycles. The van der Waals surface area contributed by atoms with Crippen molar-refractivity contribution in [3.8, 4) is 5.75 Å². The topological polar surface area (TPSA) is 21.3 Å². The Hall–Kier alpha value is -1.02. The maximum Gasteiger partial charge on any atom is 0.118 e. The van der Waals surface area contributed by atoms with Crippen LogP contribution in [0.1, 0.15) is 51.1 Å². The summed E-state index contributed by atoms with van der Waals surface area (Å²) in [4.78, 5) is 0. The molecule has 0 bridgehead atoms. The van der Waals surface area contributed by atoms with Crippen molar-refractivity contribution in [1.82, 2.24) is 5.32 Å². The summed E-state index contributed by atoms with van der Waals surface area (Å²) < 4.78 is 5.24. The second-order valence-electron chi connectivity index (χ2n) is 5.68. The van der Waals surface area contributed by atoms with Gasteiger partial charge in [0.2, 0.25) is 0 Å². The Kier molecular flexibility index (Phi) is 5.26. The minimum Gasteiger partial charge on any atom is -0.497 e. The molecule has 1 aromatic carbocycles. The van der Waals surface area contributed by atoms with Crippen LogP contribution in [0.3, 0.4) is 0 Å². The summed E-state index contributed by atoms with van der Waals surface area (Å²) in [6, 6.07) is 9.10. The molecule has 2 rings (SSSR count). The van der Waals surface area contributed by atoms with E-state index in [0.29, 0.717) is 6.04 Å². The van der Waals surface area contributed by atoms with E-state index < -0.39 is 0 Å². The number of benzene rings is 1. The highest BCUT2D eigenvalue weighted by molar-refractivity contribution is 5.30. The summed E-state index contributed by atoms with van der Waals surface area (Å²) in [7, 11) is 1.72. The van der Waals surface area contributed by atoms with E-state index >= 15 is 0 Å². The highest BCUT2D eigenvalue weighted by Gasteiger charge is 2.32. The third-order valence-electron chi connectivity index (χ3n) is 4.35. The zero-order valence-electron chi connectivity index (χ0n) is 12.5. The minimum absolute atomic E-state index is 0.534. The number of ether oxygens (including phenoxy) is 1. The Bertz CT molecular complexity index is 365. The first kappa shape index (κ1) is 14.4. The third-order valence-corrected chi connectivity index (χ3v) is 4.35. The van der Waals surface area contributed by atoms with Crippen LogP contribution in [-0.4, -0.2) is 13.7 Å². The maximum absolute atomic E-state index is 5.24. The van der Waals surface area contributed by atoms with E-state index in [-0.39, 0.29) is 0 Å². The number of rotatable bonds is 8. The monoisotopic (exact) mass is 261 g/mol. The first-order valence-corrected chi connectivity index (χ1v) is 7.65. The molecule has 1 N–H and O–H groups in total. The molecule has 1 unspecified atom stereocenters. The number of methoxy groups -OCH3 is 1. The van der Waals surface area contributed by atoms with Gasteiger partial charge in [-0.25, -0.2) is 0 Å². The van der Waals surface area contributed by atoms with Gasteiger partial charge in [0, 0.05) is 6.04 Å². The molecule has 2 heteroatoms. The first-order chi connectivity index (χ1) is 9.28. The van der Waals surface area contributed by atoms with Gasteiger partial charge in [0.15, 0.2) is 0 Å². The fourth-order valence-electron chi connectivity index (χ4n) is 2.67. The van der Waals surface area contributed by atoms with Gasteiger partial charge in [0.25, 0.3) is 0 Å². The van der Waals surface area contributed by atoms with Crippen LogP contribution < -0.4 is 10.1 Å². The van der Waals surface area contributed by atoms with Gasteiger partial charge < -0.3 is 10.1 Å². The van der Waals surface area contributed by atoms with Crippen LogP contribution in [0.25, 0.3) is 0 Å². The van der Waals surface area contributed by atoms with Crippen LogP contribution in [-0.2, 0) is 0 Å². The molecule has 0 amide bonds. The minimum atomic E-state index is 0.534. The molecule has 0 radical (unpaired) electrons. The van der Waals surface area contributed by atoms with Crippen LogP contribution in [0.4, 0.5) is 0 Å². The van der Waals surface area contributed by atoms with Crippen molar-refractivity contribution in [2.75, 3.05) is 13.7 Å². The predicted molar refractivity (Wildman–Crippen MR) is 80.5 cm³/mol. The molecule has 1 fully saturated rings. The summed E-state index contributed by atoms with van der Waals surface area (Å²) in [5.41, 5.74) is 1.41. The summed E-state index contributed by atoms with van der Waals surface area (Å²) in [5.74, 6) is 2.58. The van der Waals surface area contributed by atoms with Crippen molar-refractivity contribution in [1.29, 1.82) is 0 Å². The lowest BCUT2D eigenvalue weighted by atomic mass is 9.99. The summed E-state index contributed by atoms with van der Waals surface area (Å²) in [5, 5.41) is 3.80. The van der Waals surface area contributed by atoms with Crippen molar-refractivity contribution >= 4 is 0 Å². The molecule has 1 aliphatic rings. The summed E-state index contributed by atoms with van der Waals surface area (Å²) >= 11 is 0. The molecular formula is C17H27NO. The SMILES string of the molecule is CCC(CC)CNC(c1ccc(OC)cc1)C1CC1. The van der Waals surface area contributed by atoms with Gasteiger partial charge in [-0.1, -0.05) is 38.8 Å². The average Bonchev–Trinajstić information content (AvgIpc) is 3.29. The van der Waals surface area contributed by atoms with Crippen LogP contribution in [0.15, 0.2) is 24.3 Å². The number of hydrogen-bond acceptors (Lipinski definition) is 2. The molecule has 1 aliphatic carbocycles. The van der Waals surface area contributed by atoms with E-state index in [1.807, 2.05) is 0 Å². The zero-order valence-corrected chi connectivity index (χ0v) is 12.5. The molecule has 0 spiro atoms. The van der Waals surface area contributed by atoms with Gasteiger partial charge in [-0.15, -0.1) is 0 Å². The predicted octanol–water partition coefficient (Wildman–Crippen LogP) is 4.17. The lowest BCUT2D eigenvalue weighted by Gasteiger charge is -2.22. The van der Waals surface area contributed by atoms with Gasteiger partial charge in [0.05, 0.1) is 7.11 Å². The van der Waals surface area contributed by atoms with E-state index in [4.69, 9.17) is 4.74 Å². The molecule has 0 saturated heterocycles. The van der Waals surface area contributed by atoms with Gasteiger partial charge in [-0.05, 0) is 48.9 Å². The van der Waals surface area contributed by atoms with Crippen LogP contribution in [0, 0.1) is 11.8 Å². The Morgan fingerprint density at radius 1 is 1.16 bits per heavy atom. The molecule has 0 heterocycles. The van der Waals surface area contributed by atoms with Gasteiger partial charge >= 0.3 is 0 Å². The lowest BCUT2D eigenvalue weighted by molar-refractivity contribution is 0.390. The van der Waals surface area contributed by atoms with Crippen molar-refractivity contribution in [2.45, 2.75) is 45.6 Å². The van der Waals surface area contributed by atoms with Crippen molar-refractivity contribution in [3.05, 3.63) is 29.8 Å². The van der Waals surface area contributed by atoms with E-state index in [1.54, 1.807) is 7.11 Å². The summed E-state index contributed by atoms with van der Waals surface area (Å²) in [6.45, 7) is 5.71. The van der Waals surface area contributed by atoms with Crippen molar-refractivity contribution in [2.24, 2.45) is 11.8 Å². The molecule has 19 heavy (non-hydrogen) atoms. The normalized spacial score (nSPS) is 16.6. The average molecular weight is 261 g/mol. The molecule has 0 aromatic heterocycles. The second-order valence-corrected chi connectivity index (χ2v) is 5.68. The highest BCUT2D eigenvalue weighted by atomic mass is 16.5. The standard InChI is InChI=1S/C17H27NO/c1-4-13(5-2)12-18-17(14-6-7-14)15-8-10-16(19-3)11-9-15/h8-11,13-14,17-18H,4-7,12H2,1-3H3. The van der Waals surface area contributed by atoms with Gasteiger partial charge in [-0.2, -0.15) is 0 Å². The third kappa shape index (κ3) is 3.97. The smallest absolute Gasteiger partial charge is 0.118 e. The maximum atomic E-state index is 5.24. The zero-order chi connectivity index (χ0) is 13.7. The fraction of sp³-hybridized carbons (Fsp3) is 0.647. The molecule has 106 valence electrons.